The second-order valence-electron chi connectivity index (χ2n) is 6.79. The first kappa shape index (κ1) is 21.5. The lowest BCUT2D eigenvalue weighted by molar-refractivity contribution is -0.124. The van der Waals surface area contributed by atoms with Gasteiger partial charge in [-0.25, -0.2) is 14.2 Å². The van der Waals surface area contributed by atoms with E-state index in [-0.39, 0.29) is 11.4 Å². The van der Waals surface area contributed by atoms with E-state index in [1.165, 1.54) is 12.1 Å². The van der Waals surface area contributed by atoms with E-state index in [1.54, 1.807) is 31.2 Å². The lowest BCUT2D eigenvalue weighted by Crippen LogP contribution is -2.32. The molecule has 0 bridgehead atoms. The number of aromatic nitrogens is 2. The van der Waals surface area contributed by atoms with E-state index in [0.29, 0.717) is 17.1 Å². The predicted molar refractivity (Wildman–Crippen MR) is 113 cm³/mol. The maximum Gasteiger partial charge on any atom is 0.338 e. The Morgan fingerprint density at radius 2 is 1.90 bits per heavy atom. The average Bonchev–Trinajstić information content (AvgIpc) is 3.07. The normalized spacial score (nSPS) is 11.8. The zero-order chi connectivity index (χ0) is 21.8. The number of halogens is 2. The number of rotatable bonds is 6. The molecule has 0 aliphatic heterocycles. The molecule has 30 heavy (non-hydrogen) atoms. The Bertz CT molecular complexity index is 1060. The number of hydrogen-bond donors (Lipinski definition) is 2. The Morgan fingerprint density at radius 1 is 1.20 bits per heavy atom. The molecule has 1 unspecified atom stereocenters. The first-order valence-corrected chi connectivity index (χ1v) is 9.76. The van der Waals surface area contributed by atoms with Crippen molar-refractivity contribution in [3.8, 4) is 11.4 Å². The lowest BCUT2D eigenvalue weighted by atomic mass is 10.1. The zero-order valence-electron chi connectivity index (χ0n) is 16.8. The largest absolute Gasteiger partial charge is 0.449 e. The Hall–Kier alpha value is -3.19. The fourth-order valence-corrected chi connectivity index (χ4v) is 2.95. The van der Waals surface area contributed by atoms with Gasteiger partial charge in [-0.3, -0.25) is 4.79 Å². The first-order chi connectivity index (χ1) is 14.3. The molecule has 0 aliphatic rings. The van der Waals surface area contributed by atoms with Crippen LogP contribution in [-0.4, -0.2) is 27.9 Å². The van der Waals surface area contributed by atoms with Crippen LogP contribution in [0.4, 0.5) is 10.1 Å². The summed E-state index contributed by atoms with van der Waals surface area (Å²) >= 11 is 5.72. The van der Waals surface area contributed by atoms with Gasteiger partial charge in [-0.15, -0.1) is 0 Å². The monoisotopic (exact) mass is 429 g/mol. The van der Waals surface area contributed by atoms with E-state index in [4.69, 9.17) is 16.3 Å². The van der Waals surface area contributed by atoms with Crippen LogP contribution in [0.2, 0.25) is 5.02 Å². The van der Waals surface area contributed by atoms with Crippen molar-refractivity contribution in [1.82, 2.24) is 9.97 Å². The second-order valence-corrected chi connectivity index (χ2v) is 7.20. The second kappa shape index (κ2) is 9.09. The van der Waals surface area contributed by atoms with Crippen LogP contribution in [0.5, 0.6) is 0 Å². The summed E-state index contributed by atoms with van der Waals surface area (Å²) in [4.78, 5) is 32.5. The van der Waals surface area contributed by atoms with Crippen LogP contribution >= 0.6 is 11.6 Å². The van der Waals surface area contributed by atoms with Gasteiger partial charge in [0.05, 0.1) is 16.3 Å². The summed E-state index contributed by atoms with van der Waals surface area (Å²) < 4.78 is 18.6. The smallest absolute Gasteiger partial charge is 0.338 e. The molecule has 0 radical (unpaired) electrons. The van der Waals surface area contributed by atoms with Crippen molar-refractivity contribution in [2.75, 3.05) is 5.32 Å². The highest BCUT2D eigenvalue weighted by Crippen LogP contribution is 2.21. The van der Waals surface area contributed by atoms with Crippen molar-refractivity contribution in [3.05, 3.63) is 70.3 Å². The number of carbonyl (C=O) groups is 2. The molecule has 3 aromatic rings. The first-order valence-electron chi connectivity index (χ1n) is 9.39. The zero-order valence-corrected chi connectivity index (χ0v) is 17.5. The number of nitrogens with zero attached hydrogens (tertiary/aromatic N) is 1. The molecule has 156 valence electrons. The van der Waals surface area contributed by atoms with Crippen molar-refractivity contribution >= 4 is 29.2 Å². The molecular weight excluding hydrogens is 409 g/mol. The molecule has 6 nitrogen and oxygen atoms in total. The molecule has 1 atom stereocenters. The molecule has 0 aliphatic carbocycles. The van der Waals surface area contributed by atoms with Crippen LogP contribution in [0, 0.1) is 19.7 Å². The average molecular weight is 430 g/mol. The third-order valence-corrected chi connectivity index (χ3v) is 4.91. The number of aryl methyl sites for hydroxylation is 2. The predicted octanol–water partition coefficient (Wildman–Crippen LogP) is 5.06. The molecular formula is C22H21ClFN3O3. The van der Waals surface area contributed by atoms with E-state index >= 15 is 0 Å². The van der Waals surface area contributed by atoms with Gasteiger partial charge in [-0.2, -0.15) is 0 Å². The summed E-state index contributed by atoms with van der Waals surface area (Å²) in [6.07, 6.45) is -0.730. The highest BCUT2D eigenvalue weighted by molar-refractivity contribution is 6.31. The SMILES string of the molecule is CCC(OC(=O)c1ccc(-c2nc(C)c(C)[nH]2)cc1)C(=O)Nc1ccc(F)c(Cl)c1. The van der Waals surface area contributed by atoms with E-state index in [2.05, 4.69) is 15.3 Å². The van der Waals surface area contributed by atoms with Crippen LogP contribution in [-0.2, 0) is 9.53 Å². The standard InChI is InChI=1S/C22H21ClFN3O3/c1-4-19(21(28)27-16-9-10-18(24)17(23)11-16)30-22(29)15-7-5-14(6-8-15)20-25-12(2)13(3)26-20/h5-11,19H,4H2,1-3H3,(H,25,26)(H,27,28). The fourth-order valence-electron chi connectivity index (χ4n) is 2.76. The number of esters is 1. The van der Waals surface area contributed by atoms with Gasteiger partial charge >= 0.3 is 5.97 Å². The number of nitrogens with one attached hydrogen (secondary N) is 2. The van der Waals surface area contributed by atoms with E-state index in [0.717, 1.165) is 23.0 Å². The fraction of sp³-hybridized carbons (Fsp3) is 0.227. The highest BCUT2D eigenvalue weighted by atomic mass is 35.5. The number of anilines is 1. The molecule has 1 amide bonds. The van der Waals surface area contributed by atoms with Gasteiger partial charge in [0.15, 0.2) is 6.10 Å². The molecule has 8 heteroatoms. The van der Waals surface area contributed by atoms with Crippen LogP contribution in [0.15, 0.2) is 42.5 Å². The molecule has 2 aromatic carbocycles. The number of hydrogen-bond acceptors (Lipinski definition) is 4. The maximum atomic E-state index is 13.3. The minimum atomic E-state index is -1.00. The molecule has 0 saturated carbocycles. The number of carbonyl (C=O) groups excluding carboxylic acids is 2. The van der Waals surface area contributed by atoms with Gasteiger partial charge in [0.2, 0.25) is 0 Å². The summed E-state index contributed by atoms with van der Waals surface area (Å²) in [5, 5.41) is 2.47. The van der Waals surface area contributed by atoms with E-state index in [1.807, 2.05) is 13.8 Å². The number of ether oxygens (including phenoxy) is 1. The van der Waals surface area contributed by atoms with Crippen molar-refractivity contribution in [2.24, 2.45) is 0 Å². The molecule has 0 saturated heterocycles. The Labute approximate surface area is 178 Å². The number of aromatic amines is 1. The topological polar surface area (TPSA) is 84.1 Å². The van der Waals surface area contributed by atoms with Crippen LogP contribution < -0.4 is 5.32 Å². The van der Waals surface area contributed by atoms with E-state index < -0.39 is 23.8 Å². The minimum Gasteiger partial charge on any atom is -0.449 e. The van der Waals surface area contributed by atoms with Gasteiger partial charge < -0.3 is 15.0 Å². The summed E-state index contributed by atoms with van der Waals surface area (Å²) in [5.41, 5.74) is 3.35. The van der Waals surface area contributed by atoms with Crippen LogP contribution in [0.3, 0.4) is 0 Å². The lowest BCUT2D eigenvalue weighted by Gasteiger charge is -2.16. The number of imidazole rings is 1. The van der Waals surface area contributed by atoms with Crippen LogP contribution in [0.1, 0.15) is 35.1 Å². The van der Waals surface area contributed by atoms with Crippen molar-refractivity contribution in [1.29, 1.82) is 0 Å². The summed E-state index contributed by atoms with van der Waals surface area (Å²) in [5.74, 6) is -1.01. The Kier molecular flexibility index (Phi) is 6.52. The van der Waals surface area contributed by atoms with Gasteiger partial charge in [0, 0.05) is 16.9 Å². The Balaban J connectivity index is 1.66. The molecule has 3 rings (SSSR count). The van der Waals surface area contributed by atoms with Crippen molar-refractivity contribution in [2.45, 2.75) is 33.3 Å². The van der Waals surface area contributed by atoms with Gasteiger partial charge in [0.1, 0.15) is 11.6 Å². The minimum absolute atomic E-state index is 0.111. The van der Waals surface area contributed by atoms with Gasteiger partial charge in [-0.05, 0) is 50.6 Å². The number of amides is 1. The third-order valence-electron chi connectivity index (χ3n) is 4.62. The quantitative estimate of drug-likeness (QED) is 0.536. The number of H-pyrrole nitrogens is 1. The van der Waals surface area contributed by atoms with Crippen molar-refractivity contribution < 1.29 is 18.7 Å². The molecule has 2 N–H and O–H groups in total. The molecule has 0 fully saturated rings. The highest BCUT2D eigenvalue weighted by Gasteiger charge is 2.22. The molecule has 0 spiro atoms. The van der Waals surface area contributed by atoms with E-state index in [9.17, 15) is 14.0 Å². The van der Waals surface area contributed by atoms with Gasteiger partial charge in [-0.1, -0.05) is 30.7 Å². The number of benzene rings is 2. The molecule has 1 aromatic heterocycles. The molecule has 1 heterocycles. The summed E-state index contributed by atoms with van der Waals surface area (Å²) in [7, 11) is 0. The Morgan fingerprint density at radius 3 is 2.47 bits per heavy atom. The summed E-state index contributed by atoms with van der Waals surface area (Å²) in [6.45, 7) is 5.57. The summed E-state index contributed by atoms with van der Waals surface area (Å²) in [6, 6.07) is 10.6. The van der Waals surface area contributed by atoms with Crippen LogP contribution in [0.25, 0.3) is 11.4 Å². The maximum absolute atomic E-state index is 13.3. The van der Waals surface area contributed by atoms with Gasteiger partial charge in [0.25, 0.3) is 5.91 Å². The third kappa shape index (κ3) is 4.86. The van der Waals surface area contributed by atoms with Crippen molar-refractivity contribution in [3.63, 3.8) is 0 Å².